The third-order valence-corrected chi connectivity index (χ3v) is 4.34. The van der Waals surface area contributed by atoms with Crippen LogP contribution in [0.15, 0.2) is 24.3 Å². The largest absolute Gasteiger partial charge is 0.481 e. The van der Waals surface area contributed by atoms with E-state index in [2.05, 4.69) is 5.32 Å². The van der Waals surface area contributed by atoms with Crippen LogP contribution in [-0.2, 0) is 10.2 Å². The number of piperidine rings is 1. The number of likely N-dealkylation sites (tertiary alicyclic amines) is 1. The van der Waals surface area contributed by atoms with Crippen LogP contribution >= 0.6 is 0 Å². The molecular weight excluding hydrogens is 299 g/mol. The minimum atomic E-state index is -0.866. The topological polar surface area (TPSA) is 69.6 Å². The normalized spacial score (nSPS) is 18.6. The lowest BCUT2D eigenvalue weighted by Crippen LogP contribution is -2.49. The van der Waals surface area contributed by atoms with Crippen LogP contribution < -0.4 is 5.32 Å². The second kappa shape index (κ2) is 6.98. The number of urea groups is 1. The van der Waals surface area contributed by atoms with Crippen molar-refractivity contribution in [1.82, 2.24) is 10.2 Å². The second-order valence-electron chi connectivity index (χ2n) is 6.65. The molecule has 1 fully saturated rings. The summed E-state index contributed by atoms with van der Waals surface area (Å²) >= 11 is 0. The molecular formula is C17H23FN2O3. The monoisotopic (exact) mass is 322 g/mol. The summed E-state index contributed by atoms with van der Waals surface area (Å²) in [5.41, 5.74) is -0.00874. The molecule has 0 aromatic heterocycles. The Morgan fingerprint density at radius 3 is 2.74 bits per heavy atom. The minimum Gasteiger partial charge on any atom is -0.481 e. The Morgan fingerprint density at radius 2 is 2.09 bits per heavy atom. The van der Waals surface area contributed by atoms with Gasteiger partial charge in [-0.1, -0.05) is 32.0 Å². The molecule has 0 saturated carbocycles. The third-order valence-electron chi connectivity index (χ3n) is 4.34. The van der Waals surface area contributed by atoms with Gasteiger partial charge < -0.3 is 15.3 Å². The number of halogens is 1. The molecule has 1 aliphatic heterocycles. The zero-order valence-corrected chi connectivity index (χ0v) is 13.5. The van der Waals surface area contributed by atoms with Crippen molar-refractivity contribution < 1.29 is 19.1 Å². The van der Waals surface area contributed by atoms with Gasteiger partial charge in [0.1, 0.15) is 5.82 Å². The van der Waals surface area contributed by atoms with Gasteiger partial charge in [0.25, 0.3) is 0 Å². The van der Waals surface area contributed by atoms with Crippen LogP contribution in [0, 0.1) is 11.7 Å². The molecule has 0 radical (unpaired) electrons. The highest BCUT2D eigenvalue weighted by Gasteiger charge is 2.30. The predicted molar refractivity (Wildman–Crippen MR) is 84.8 cm³/mol. The van der Waals surface area contributed by atoms with Crippen molar-refractivity contribution in [3.8, 4) is 0 Å². The average molecular weight is 322 g/mol. The van der Waals surface area contributed by atoms with E-state index in [1.54, 1.807) is 18.2 Å². The van der Waals surface area contributed by atoms with Crippen LogP contribution in [0.25, 0.3) is 0 Å². The second-order valence-corrected chi connectivity index (χ2v) is 6.65. The van der Waals surface area contributed by atoms with Gasteiger partial charge in [0.15, 0.2) is 0 Å². The van der Waals surface area contributed by atoms with Crippen LogP contribution in [0.3, 0.4) is 0 Å². The first-order valence-corrected chi connectivity index (χ1v) is 7.82. The van der Waals surface area contributed by atoms with Gasteiger partial charge in [0, 0.05) is 25.0 Å². The Morgan fingerprint density at radius 1 is 1.39 bits per heavy atom. The maximum atomic E-state index is 13.9. The molecule has 1 aliphatic rings. The molecule has 0 bridgehead atoms. The van der Waals surface area contributed by atoms with E-state index in [1.165, 1.54) is 11.0 Å². The Bertz CT molecular complexity index is 589. The molecule has 0 spiro atoms. The maximum absolute atomic E-state index is 13.9. The Balaban J connectivity index is 1.96. The van der Waals surface area contributed by atoms with Crippen LogP contribution in [0.2, 0.25) is 0 Å². The molecule has 1 heterocycles. The number of hydrogen-bond donors (Lipinski definition) is 2. The highest BCUT2D eigenvalue weighted by Crippen LogP contribution is 2.25. The molecule has 2 rings (SSSR count). The predicted octanol–water partition coefficient (Wildman–Crippen LogP) is 2.61. The van der Waals surface area contributed by atoms with Gasteiger partial charge in [-0.2, -0.15) is 0 Å². The van der Waals surface area contributed by atoms with Gasteiger partial charge in [-0.05, 0) is 24.5 Å². The number of carboxylic acid groups (broad SMARTS) is 1. The van der Waals surface area contributed by atoms with Crippen molar-refractivity contribution >= 4 is 12.0 Å². The molecule has 2 amide bonds. The number of carbonyl (C=O) groups excluding carboxylic acids is 1. The van der Waals surface area contributed by atoms with Crippen LogP contribution in [0.4, 0.5) is 9.18 Å². The van der Waals surface area contributed by atoms with Crippen LogP contribution in [0.5, 0.6) is 0 Å². The first-order chi connectivity index (χ1) is 10.8. The summed E-state index contributed by atoms with van der Waals surface area (Å²) in [5.74, 6) is -1.67. The molecule has 1 aromatic carbocycles. The molecule has 126 valence electrons. The Labute approximate surface area is 135 Å². The number of carboxylic acids is 1. The fourth-order valence-electron chi connectivity index (χ4n) is 2.88. The van der Waals surface area contributed by atoms with E-state index in [4.69, 9.17) is 5.11 Å². The van der Waals surface area contributed by atoms with Gasteiger partial charge in [0.2, 0.25) is 0 Å². The quantitative estimate of drug-likeness (QED) is 0.895. The van der Waals surface area contributed by atoms with Crippen molar-refractivity contribution in [3.63, 3.8) is 0 Å². The van der Waals surface area contributed by atoms with Crippen molar-refractivity contribution in [1.29, 1.82) is 0 Å². The number of aliphatic carboxylic acids is 1. The van der Waals surface area contributed by atoms with E-state index in [0.29, 0.717) is 24.9 Å². The lowest BCUT2D eigenvalue weighted by molar-refractivity contribution is -0.143. The lowest BCUT2D eigenvalue weighted by Gasteiger charge is -2.32. The van der Waals surface area contributed by atoms with E-state index in [-0.39, 0.29) is 24.9 Å². The fourth-order valence-corrected chi connectivity index (χ4v) is 2.88. The number of amides is 2. The molecule has 0 aliphatic carbocycles. The summed E-state index contributed by atoms with van der Waals surface area (Å²) in [6.07, 6.45) is 1.28. The molecule has 2 N–H and O–H groups in total. The fraction of sp³-hybridized carbons (Fsp3) is 0.529. The molecule has 1 unspecified atom stereocenters. The molecule has 1 saturated heterocycles. The Kier molecular flexibility index (Phi) is 5.23. The highest BCUT2D eigenvalue weighted by molar-refractivity contribution is 5.76. The smallest absolute Gasteiger partial charge is 0.317 e. The summed E-state index contributed by atoms with van der Waals surface area (Å²) in [6.45, 7) is 4.78. The van der Waals surface area contributed by atoms with Crippen LogP contribution in [-0.4, -0.2) is 41.6 Å². The van der Waals surface area contributed by atoms with E-state index in [0.717, 1.165) is 0 Å². The number of benzene rings is 1. The van der Waals surface area contributed by atoms with Crippen molar-refractivity contribution in [2.24, 2.45) is 5.92 Å². The molecule has 1 aromatic rings. The van der Waals surface area contributed by atoms with Gasteiger partial charge in [-0.25, -0.2) is 9.18 Å². The molecule has 1 atom stereocenters. The summed E-state index contributed by atoms with van der Waals surface area (Å²) in [4.78, 5) is 24.8. The summed E-state index contributed by atoms with van der Waals surface area (Å²) in [7, 11) is 0. The van der Waals surface area contributed by atoms with E-state index < -0.39 is 17.3 Å². The standard InChI is InChI=1S/C17H23FN2O3/c1-17(2,13-7-3-4-8-14(13)18)11-19-16(23)20-9-5-6-12(10-20)15(21)22/h3-4,7-8,12H,5-6,9-11H2,1-2H3,(H,19,23)(H,21,22). The molecule has 5 nitrogen and oxygen atoms in total. The zero-order chi connectivity index (χ0) is 17.0. The van der Waals surface area contributed by atoms with Crippen molar-refractivity contribution in [2.45, 2.75) is 32.1 Å². The lowest BCUT2D eigenvalue weighted by atomic mass is 9.84. The Hall–Kier alpha value is -2.11. The minimum absolute atomic E-state index is 0.224. The summed E-state index contributed by atoms with van der Waals surface area (Å²) in [6, 6.07) is 6.22. The summed E-state index contributed by atoms with van der Waals surface area (Å²) in [5, 5.41) is 11.9. The van der Waals surface area contributed by atoms with E-state index in [1.807, 2.05) is 13.8 Å². The SMILES string of the molecule is CC(C)(CNC(=O)N1CCCC(C(=O)O)C1)c1ccccc1F. The number of nitrogens with zero attached hydrogens (tertiary/aromatic N) is 1. The van der Waals surface area contributed by atoms with Crippen molar-refractivity contribution in [3.05, 3.63) is 35.6 Å². The van der Waals surface area contributed by atoms with Crippen LogP contribution in [0.1, 0.15) is 32.3 Å². The number of rotatable bonds is 4. The van der Waals surface area contributed by atoms with Gasteiger partial charge in [-0.15, -0.1) is 0 Å². The third kappa shape index (κ3) is 4.21. The molecule has 23 heavy (non-hydrogen) atoms. The zero-order valence-electron chi connectivity index (χ0n) is 13.5. The number of nitrogens with one attached hydrogen (secondary N) is 1. The van der Waals surface area contributed by atoms with Gasteiger partial charge in [-0.3, -0.25) is 4.79 Å². The average Bonchev–Trinajstić information content (AvgIpc) is 2.53. The number of hydrogen-bond acceptors (Lipinski definition) is 2. The molecule has 6 heteroatoms. The number of carbonyl (C=O) groups is 2. The van der Waals surface area contributed by atoms with E-state index >= 15 is 0 Å². The maximum Gasteiger partial charge on any atom is 0.317 e. The van der Waals surface area contributed by atoms with Gasteiger partial charge in [0.05, 0.1) is 5.92 Å². The first kappa shape index (κ1) is 17.2. The van der Waals surface area contributed by atoms with Gasteiger partial charge >= 0.3 is 12.0 Å². The highest BCUT2D eigenvalue weighted by atomic mass is 19.1. The first-order valence-electron chi connectivity index (χ1n) is 7.82. The van der Waals surface area contributed by atoms with E-state index in [9.17, 15) is 14.0 Å². The summed E-state index contributed by atoms with van der Waals surface area (Å²) < 4.78 is 13.9. The van der Waals surface area contributed by atoms with Crippen molar-refractivity contribution in [2.75, 3.05) is 19.6 Å².